The SMILES string of the molecule is COc1ccc(Cn2nnc(-c3cnn(-c4ccc(C)cc4C)c3S)n2)cc1. The van der Waals surface area contributed by atoms with Crippen molar-refractivity contribution in [2.75, 3.05) is 7.11 Å². The molecular weight excluding hydrogens is 372 g/mol. The highest BCUT2D eigenvalue weighted by molar-refractivity contribution is 7.80. The zero-order valence-corrected chi connectivity index (χ0v) is 16.8. The Hall–Kier alpha value is -3.13. The lowest BCUT2D eigenvalue weighted by molar-refractivity contribution is 0.414. The molecule has 2 heterocycles. The van der Waals surface area contributed by atoms with Gasteiger partial charge in [-0.15, -0.1) is 22.8 Å². The first-order chi connectivity index (χ1) is 13.5. The molecule has 0 amide bonds. The van der Waals surface area contributed by atoms with Gasteiger partial charge in [-0.05, 0) is 48.4 Å². The fourth-order valence-corrected chi connectivity index (χ4v) is 3.35. The summed E-state index contributed by atoms with van der Waals surface area (Å²) in [4.78, 5) is 1.55. The molecule has 0 atom stereocenters. The molecule has 0 N–H and O–H groups in total. The summed E-state index contributed by atoms with van der Waals surface area (Å²) in [7, 11) is 1.65. The van der Waals surface area contributed by atoms with Gasteiger partial charge in [-0.2, -0.15) is 9.90 Å². The molecule has 0 radical (unpaired) electrons. The number of nitrogens with zero attached hydrogens (tertiary/aromatic N) is 6. The predicted molar refractivity (Wildman–Crippen MR) is 109 cm³/mol. The Balaban J connectivity index is 1.59. The van der Waals surface area contributed by atoms with Crippen LogP contribution in [0.15, 0.2) is 53.7 Å². The highest BCUT2D eigenvalue weighted by atomic mass is 32.1. The molecule has 4 rings (SSSR count). The summed E-state index contributed by atoms with van der Waals surface area (Å²) < 4.78 is 6.97. The molecule has 4 aromatic rings. The van der Waals surface area contributed by atoms with Gasteiger partial charge in [0.25, 0.3) is 0 Å². The van der Waals surface area contributed by atoms with Crippen molar-refractivity contribution >= 4 is 12.6 Å². The number of aryl methyl sites for hydroxylation is 2. The Morgan fingerprint density at radius 3 is 2.57 bits per heavy atom. The number of aromatic nitrogens is 6. The summed E-state index contributed by atoms with van der Waals surface area (Å²) in [6, 6.07) is 14.0. The van der Waals surface area contributed by atoms with Crippen LogP contribution in [0.25, 0.3) is 17.1 Å². The van der Waals surface area contributed by atoms with Crippen molar-refractivity contribution in [3.05, 3.63) is 65.4 Å². The second-order valence-corrected chi connectivity index (χ2v) is 7.00. The number of rotatable bonds is 5. The minimum absolute atomic E-state index is 0.495. The molecule has 0 saturated heterocycles. The number of hydrogen-bond donors (Lipinski definition) is 1. The van der Waals surface area contributed by atoms with Crippen molar-refractivity contribution in [2.24, 2.45) is 0 Å². The van der Waals surface area contributed by atoms with Gasteiger partial charge in [0.2, 0.25) is 5.82 Å². The second kappa shape index (κ2) is 7.47. The molecule has 0 aliphatic carbocycles. The first-order valence-corrected chi connectivity index (χ1v) is 9.25. The Labute approximate surface area is 168 Å². The van der Waals surface area contributed by atoms with E-state index in [1.807, 2.05) is 30.3 Å². The smallest absolute Gasteiger partial charge is 0.209 e. The normalized spacial score (nSPS) is 11.0. The van der Waals surface area contributed by atoms with Gasteiger partial charge in [0.15, 0.2) is 0 Å². The fraction of sp³-hybridized carbons (Fsp3) is 0.200. The number of ether oxygens (including phenoxy) is 1. The van der Waals surface area contributed by atoms with E-state index >= 15 is 0 Å². The maximum atomic E-state index is 5.18. The van der Waals surface area contributed by atoms with Gasteiger partial charge in [0.1, 0.15) is 10.8 Å². The van der Waals surface area contributed by atoms with Crippen LogP contribution < -0.4 is 4.74 Å². The lowest BCUT2D eigenvalue weighted by Crippen LogP contribution is -2.04. The van der Waals surface area contributed by atoms with Crippen molar-refractivity contribution in [2.45, 2.75) is 25.4 Å². The molecule has 7 nitrogen and oxygen atoms in total. The first-order valence-electron chi connectivity index (χ1n) is 8.81. The molecule has 0 saturated carbocycles. The zero-order chi connectivity index (χ0) is 19.7. The van der Waals surface area contributed by atoms with Crippen molar-refractivity contribution in [3.63, 3.8) is 0 Å². The van der Waals surface area contributed by atoms with Crippen LogP contribution in [0.4, 0.5) is 0 Å². The van der Waals surface area contributed by atoms with Crippen LogP contribution in [-0.4, -0.2) is 37.1 Å². The van der Waals surface area contributed by atoms with Crippen molar-refractivity contribution in [1.82, 2.24) is 30.0 Å². The number of methoxy groups -OCH3 is 1. The quantitative estimate of drug-likeness (QED) is 0.527. The van der Waals surface area contributed by atoms with E-state index in [0.717, 1.165) is 28.1 Å². The van der Waals surface area contributed by atoms with E-state index in [9.17, 15) is 0 Å². The molecule has 0 fully saturated rings. The third kappa shape index (κ3) is 3.50. The first kappa shape index (κ1) is 18.2. The molecule has 142 valence electrons. The van der Waals surface area contributed by atoms with Gasteiger partial charge in [-0.25, -0.2) is 4.68 Å². The van der Waals surface area contributed by atoms with Gasteiger partial charge < -0.3 is 4.74 Å². The van der Waals surface area contributed by atoms with Crippen LogP contribution in [0.2, 0.25) is 0 Å². The molecule has 0 aliphatic heterocycles. The summed E-state index contributed by atoms with van der Waals surface area (Å²) in [5.74, 6) is 1.31. The van der Waals surface area contributed by atoms with Crippen LogP contribution >= 0.6 is 12.6 Å². The van der Waals surface area contributed by atoms with Crippen LogP contribution in [0.3, 0.4) is 0 Å². The Bertz CT molecular complexity index is 1120. The number of benzene rings is 2. The molecule has 8 heteroatoms. The third-order valence-corrected chi connectivity index (χ3v) is 4.93. The second-order valence-electron chi connectivity index (χ2n) is 6.58. The van der Waals surface area contributed by atoms with Crippen molar-refractivity contribution in [1.29, 1.82) is 0 Å². The van der Waals surface area contributed by atoms with Gasteiger partial charge in [0, 0.05) is 0 Å². The van der Waals surface area contributed by atoms with Gasteiger partial charge >= 0.3 is 0 Å². The summed E-state index contributed by atoms with van der Waals surface area (Å²) in [6.07, 6.45) is 1.72. The number of tetrazole rings is 1. The van der Waals surface area contributed by atoms with Gasteiger partial charge in [-0.1, -0.05) is 29.8 Å². The lowest BCUT2D eigenvalue weighted by atomic mass is 10.1. The van der Waals surface area contributed by atoms with Crippen molar-refractivity contribution < 1.29 is 4.74 Å². The van der Waals surface area contributed by atoms with E-state index in [-0.39, 0.29) is 0 Å². The maximum absolute atomic E-state index is 5.18. The fourth-order valence-electron chi connectivity index (χ4n) is 3.03. The minimum atomic E-state index is 0.495. The standard InChI is InChI=1S/C20H20N6OS/c1-13-4-9-18(14(2)10-13)26-20(28)17(11-21-26)19-22-24-25(23-19)12-15-5-7-16(27-3)8-6-15/h4-11,28H,12H2,1-3H3. The van der Waals surface area contributed by atoms with Gasteiger partial charge in [0.05, 0.1) is 31.1 Å². The molecular formula is C20H20N6OS. The highest BCUT2D eigenvalue weighted by Gasteiger charge is 2.16. The predicted octanol–water partition coefficient (Wildman–Crippen LogP) is 3.49. The Morgan fingerprint density at radius 1 is 1.07 bits per heavy atom. The monoisotopic (exact) mass is 392 g/mol. The van der Waals surface area contributed by atoms with Crippen LogP contribution in [0.5, 0.6) is 5.75 Å². The van der Waals surface area contributed by atoms with E-state index < -0.39 is 0 Å². The third-order valence-electron chi connectivity index (χ3n) is 4.50. The zero-order valence-electron chi connectivity index (χ0n) is 15.9. The van der Waals surface area contributed by atoms with Crippen molar-refractivity contribution in [3.8, 4) is 22.8 Å². The maximum Gasteiger partial charge on any atom is 0.209 e. The lowest BCUT2D eigenvalue weighted by Gasteiger charge is -2.08. The molecule has 0 unspecified atom stereocenters. The Morgan fingerprint density at radius 2 is 1.86 bits per heavy atom. The highest BCUT2D eigenvalue weighted by Crippen LogP contribution is 2.27. The molecule has 2 aromatic heterocycles. The summed E-state index contributed by atoms with van der Waals surface area (Å²) in [5.41, 5.74) is 5.11. The summed E-state index contributed by atoms with van der Waals surface area (Å²) in [5, 5.41) is 18.0. The average molecular weight is 392 g/mol. The topological polar surface area (TPSA) is 70.7 Å². The van der Waals surface area contributed by atoms with Gasteiger partial charge in [-0.3, -0.25) is 0 Å². The molecule has 28 heavy (non-hydrogen) atoms. The molecule has 2 aromatic carbocycles. The number of thiol groups is 1. The summed E-state index contributed by atoms with van der Waals surface area (Å²) >= 11 is 4.66. The van der Waals surface area contributed by atoms with Crippen LogP contribution in [-0.2, 0) is 6.54 Å². The molecule has 0 aliphatic rings. The molecule has 0 spiro atoms. The average Bonchev–Trinajstić information content (AvgIpc) is 3.29. The van der Waals surface area contributed by atoms with Crippen LogP contribution in [0.1, 0.15) is 16.7 Å². The van der Waals surface area contributed by atoms with E-state index in [4.69, 9.17) is 4.74 Å². The van der Waals surface area contributed by atoms with E-state index in [0.29, 0.717) is 17.4 Å². The number of hydrogen-bond acceptors (Lipinski definition) is 6. The van der Waals surface area contributed by atoms with Crippen LogP contribution in [0, 0.1) is 13.8 Å². The largest absolute Gasteiger partial charge is 0.497 e. The minimum Gasteiger partial charge on any atom is -0.497 e. The Kier molecular flexibility index (Phi) is 4.87. The van der Waals surface area contributed by atoms with E-state index in [1.165, 1.54) is 5.56 Å². The van der Waals surface area contributed by atoms with E-state index in [1.54, 1.807) is 22.8 Å². The summed E-state index contributed by atoms with van der Waals surface area (Å²) in [6.45, 7) is 4.64. The molecule has 0 bridgehead atoms. The van der Waals surface area contributed by atoms with E-state index in [2.05, 4.69) is 59.1 Å².